The zero-order valence-electron chi connectivity index (χ0n) is 7.42. The third-order valence-electron chi connectivity index (χ3n) is 1.65. The van der Waals surface area contributed by atoms with Gasteiger partial charge in [-0.2, -0.15) is 11.8 Å². The van der Waals surface area contributed by atoms with Gasteiger partial charge in [0.25, 0.3) is 0 Å². The Kier molecular flexibility index (Phi) is 5.13. The number of nitrogens with one attached hydrogen (secondary N) is 1. The molecule has 1 rings (SSSR count). The van der Waals surface area contributed by atoms with Crippen molar-refractivity contribution in [3.8, 4) is 0 Å². The molecule has 13 heavy (non-hydrogen) atoms. The third kappa shape index (κ3) is 3.14. The average Bonchev–Trinajstić information content (AvgIpc) is 2.54. The lowest BCUT2D eigenvalue weighted by molar-refractivity contribution is 0.620. The lowest BCUT2D eigenvalue weighted by atomic mass is 10.3. The van der Waals surface area contributed by atoms with Crippen molar-refractivity contribution in [2.75, 3.05) is 11.5 Å². The van der Waals surface area contributed by atoms with Gasteiger partial charge in [0.1, 0.15) is 0 Å². The SMILES string of the molecule is CCSCC(NN)c1sccc1Cl. The largest absolute Gasteiger partial charge is 0.271 e. The molecule has 0 amide bonds. The summed E-state index contributed by atoms with van der Waals surface area (Å²) in [6, 6.07) is 2.08. The molecule has 5 heteroatoms. The van der Waals surface area contributed by atoms with E-state index < -0.39 is 0 Å². The standard InChI is InChI=1S/C8H13ClN2S2/c1-2-12-5-7(11-10)8-6(9)3-4-13-8/h3-4,7,11H,2,5,10H2,1H3. The molecular weight excluding hydrogens is 224 g/mol. The Balaban J connectivity index is 2.61. The molecule has 1 heterocycles. The fourth-order valence-corrected chi connectivity index (χ4v) is 3.08. The molecule has 0 radical (unpaired) electrons. The van der Waals surface area contributed by atoms with Gasteiger partial charge in [0.2, 0.25) is 0 Å². The van der Waals surface area contributed by atoms with Gasteiger partial charge in [0.15, 0.2) is 0 Å². The number of nitrogens with two attached hydrogens (primary N) is 1. The first kappa shape index (κ1) is 11.3. The van der Waals surface area contributed by atoms with Crippen LogP contribution in [0.15, 0.2) is 11.4 Å². The Morgan fingerprint density at radius 1 is 1.77 bits per heavy atom. The molecule has 74 valence electrons. The van der Waals surface area contributed by atoms with Crippen LogP contribution >= 0.6 is 34.7 Å². The van der Waals surface area contributed by atoms with E-state index in [0.29, 0.717) is 0 Å². The van der Waals surface area contributed by atoms with Crippen molar-refractivity contribution in [2.45, 2.75) is 13.0 Å². The van der Waals surface area contributed by atoms with Crippen LogP contribution in [-0.4, -0.2) is 11.5 Å². The summed E-state index contributed by atoms with van der Waals surface area (Å²) in [5, 5.41) is 2.79. The molecular formula is C8H13ClN2S2. The number of hydrogen-bond acceptors (Lipinski definition) is 4. The molecule has 0 bridgehead atoms. The minimum atomic E-state index is 0.178. The molecule has 0 aromatic carbocycles. The number of hydrogen-bond donors (Lipinski definition) is 2. The molecule has 0 spiro atoms. The molecule has 2 nitrogen and oxygen atoms in total. The Bertz CT molecular complexity index is 252. The van der Waals surface area contributed by atoms with Crippen molar-refractivity contribution < 1.29 is 0 Å². The van der Waals surface area contributed by atoms with E-state index in [9.17, 15) is 0 Å². The number of rotatable bonds is 5. The van der Waals surface area contributed by atoms with E-state index >= 15 is 0 Å². The van der Waals surface area contributed by atoms with E-state index in [1.165, 1.54) is 0 Å². The van der Waals surface area contributed by atoms with Crippen LogP contribution in [-0.2, 0) is 0 Å². The first-order valence-corrected chi connectivity index (χ1v) is 6.47. The molecule has 1 atom stereocenters. The third-order valence-corrected chi connectivity index (χ3v) is 4.10. The molecule has 1 aromatic rings. The van der Waals surface area contributed by atoms with Crippen molar-refractivity contribution in [3.63, 3.8) is 0 Å². The summed E-state index contributed by atoms with van der Waals surface area (Å²) in [6.45, 7) is 2.13. The Morgan fingerprint density at radius 2 is 2.54 bits per heavy atom. The van der Waals surface area contributed by atoms with Gasteiger partial charge in [-0.05, 0) is 17.2 Å². The van der Waals surface area contributed by atoms with Gasteiger partial charge in [0, 0.05) is 10.6 Å². The van der Waals surface area contributed by atoms with Crippen LogP contribution in [0.5, 0.6) is 0 Å². The van der Waals surface area contributed by atoms with Crippen LogP contribution in [0.3, 0.4) is 0 Å². The van der Waals surface area contributed by atoms with Crippen molar-refractivity contribution in [2.24, 2.45) is 5.84 Å². The van der Waals surface area contributed by atoms with E-state index in [2.05, 4.69) is 12.3 Å². The second kappa shape index (κ2) is 5.88. The summed E-state index contributed by atoms with van der Waals surface area (Å²) in [5.74, 6) is 7.52. The van der Waals surface area contributed by atoms with E-state index in [4.69, 9.17) is 17.4 Å². The summed E-state index contributed by atoms with van der Waals surface area (Å²) in [4.78, 5) is 1.13. The highest BCUT2D eigenvalue weighted by Gasteiger charge is 2.13. The van der Waals surface area contributed by atoms with Crippen LogP contribution in [0.2, 0.25) is 5.02 Å². The number of thioether (sulfide) groups is 1. The number of hydrazine groups is 1. The molecule has 3 N–H and O–H groups in total. The summed E-state index contributed by atoms with van der Waals surface area (Å²) in [7, 11) is 0. The van der Waals surface area contributed by atoms with Crippen molar-refractivity contribution in [1.29, 1.82) is 0 Å². The first-order valence-electron chi connectivity index (χ1n) is 4.06. The highest BCUT2D eigenvalue weighted by atomic mass is 35.5. The lowest BCUT2D eigenvalue weighted by Gasteiger charge is -2.13. The van der Waals surface area contributed by atoms with E-state index in [1.807, 2.05) is 23.2 Å². The molecule has 1 unspecified atom stereocenters. The predicted octanol–water partition coefficient (Wildman–Crippen LogP) is 2.66. The van der Waals surface area contributed by atoms with Crippen LogP contribution in [0.4, 0.5) is 0 Å². The Hall–Kier alpha value is 0.260. The monoisotopic (exact) mass is 236 g/mol. The first-order chi connectivity index (χ1) is 6.29. The van der Waals surface area contributed by atoms with Gasteiger partial charge in [-0.25, -0.2) is 0 Å². The van der Waals surface area contributed by atoms with Crippen LogP contribution < -0.4 is 11.3 Å². The summed E-state index contributed by atoms with van der Waals surface area (Å²) >= 11 is 9.50. The van der Waals surface area contributed by atoms with Gasteiger partial charge >= 0.3 is 0 Å². The van der Waals surface area contributed by atoms with Crippen LogP contribution in [0.1, 0.15) is 17.8 Å². The minimum Gasteiger partial charge on any atom is -0.271 e. The molecule has 0 aliphatic carbocycles. The molecule has 0 fully saturated rings. The summed E-state index contributed by atoms with van der Waals surface area (Å²) < 4.78 is 0. The van der Waals surface area contributed by atoms with Gasteiger partial charge in [-0.15, -0.1) is 11.3 Å². The maximum atomic E-state index is 6.00. The van der Waals surface area contributed by atoms with Gasteiger partial charge in [-0.1, -0.05) is 18.5 Å². The number of thiophene rings is 1. The van der Waals surface area contributed by atoms with Gasteiger partial charge in [0.05, 0.1) is 11.1 Å². The zero-order chi connectivity index (χ0) is 9.68. The quantitative estimate of drug-likeness (QED) is 0.610. The van der Waals surface area contributed by atoms with E-state index in [1.54, 1.807) is 11.3 Å². The molecule has 0 saturated carbocycles. The molecule has 0 aliphatic rings. The van der Waals surface area contributed by atoms with Gasteiger partial charge in [-0.3, -0.25) is 11.3 Å². The topological polar surface area (TPSA) is 38.0 Å². The lowest BCUT2D eigenvalue weighted by Crippen LogP contribution is -2.29. The zero-order valence-corrected chi connectivity index (χ0v) is 9.81. The Labute approximate surface area is 91.8 Å². The highest BCUT2D eigenvalue weighted by Crippen LogP contribution is 2.29. The van der Waals surface area contributed by atoms with Crippen molar-refractivity contribution >= 4 is 34.7 Å². The van der Waals surface area contributed by atoms with E-state index in [-0.39, 0.29) is 6.04 Å². The summed E-state index contributed by atoms with van der Waals surface area (Å²) in [5.41, 5.74) is 2.79. The second-order valence-corrected chi connectivity index (χ2v) is 5.19. The van der Waals surface area contributed by atoms with Crippen LogP contribution in [0.25, 0.3) is 0 Å². The normalized spacial score (nSPS) is 13.2. The fraction of sp³-hybridized carbons (Fsp3) is 0.500. The average molecular weight is 237 g/mol. The van der Waals surface area contributed by atoms with Crippen molar-refractivity contribution in [3.05, 3.63) is 21.3 Å². The molecule has 0 saturated heterocycles. The van der Waals surface area contributed by atoms with Crippen molar-refractivity contribution in [1.82, 2.24) is 5.43 Å². The summed E-state index contributed by atoms with van der Waals surface area (Å²) in [6.07, 6.45) is 0. The Morgan fingerprint density at radius 3 is 3.00 bits per heavy atom. The van der Waals surface area contributed by atoms with Crippen LogP contribution in [0, 0.1) is 0 Å². The highest BCUT2D eigenvalue weighted by molar-refractivity contribution is 7.99. The number of halogens is 1. The maximum Gasteiger partial charge on any atom is 0.0658 e. The second-order valence-electron chi connectivity index (χ2n) is 2.51. The van der Waals surface area contributed by atoms with E-state index in [0.717, 1.165) is 21.4 Å². The molecule has 0 aliphatic heterocycles. The fourth-order valence-electron chi connectivity index (χ4n) is 0.989. The maximum absolute atomic E-state index is 6.00. The van der Waals surface area contributed by atoms with Gasteiger partial charge < -0.3 is 0 Å². The predicted molar refractivity (Wildman–Crippen MR) is 62.4 cm³/mol. The minimum absolute atomic E-state index is 0.178. The smallest absolute Gasteiger partial charge is 0.0658 e. The molecule has 1 aromatic heterocycles.